The van der Waals surface area contributed by atoms with E-state index in [1.807, 2.05) is 13.8 Å². The van der Waals surface area contributed by atoms with Crippen LogP contribution >= 0.6 is 11.6 Å². The minimum atomic E-state index is -3.74. The Hall–Kier alpha value is -1.11. The number of hydrogen-bond donors (Lipinski definition) is 1. The Kier molecular flexibility index (Phi) is 4.84. The van der Waals surface area contributed by atoms with Gasteiger partial charge in [0, 0.05) is 18.1 Å². The van der Waals surface area contributed by atoms with E-state index in [0.717, 1.165) is 6.42 Å². The standard InChI is InChI=1S/C15H20ClNO4S/c1-9-4-10(2)8-17(7-9)22(20,21)12-5-13(15(18)19)11(3)14(16)6-12/h5-6,9-10H,4,7-8H2,1-3H3,(H,18,19). The van der Waals surface area contributed by atoms with E-state index in [9.17, 15) is 18.3 Å². The number of rotatable bonds is 3. The zero-order valence-corrected chi connectivity index (χ0v) is 14.4. The fraction of sp³-hybridized carbons (Fsp3) is 0.533. The highest BCUT2D eigenvalue weighted by atomic mass is 35.5. The average Bonchev–Trinajstić information content (AvgIpc) is 2.40. The van der Waals surface area contributed by atoms with Crippen LogP contribution in [0.1, 0.15) is 36.2 Å². The fourth-order valence-corrected chi connectivity index (χ4v) is 4.99. The van der Waals surface area contributed by atoms with Crippen molar-refractivity contribution in [3.8, 4) is 0 Å². The van der Waals surface area contributed by atoms with Crippen molar-refractivity contribution in [3.05, 3.63) is 28.3 Å². The number of nitrogens with zero attached hydrogens (tertiary/aromatic N) is 1. The van der Waals surface area contributed by atoms with Crippen molar-refractivity contribution < 1.29 is 18.3 Å². The lowest BCUT2D eigenvalue weighted by Crippen LogP contribution is -2.42. The van der Waals surface area contributed by atoms with Crippen LogP contribution < -0.4 is 0 Å². The van der Waals surface area contributed by atoms with E-state index >= 15 is 0 Å². The normalized spacial score (nSPS) is 23.5. The molecule has 1 aliphatic heterocycles. The van der Waals surface area contributed by atoms with Crippen molar-refractivity contribution in [1.29, 1.82) is 0 Å². The number of carboxylic acids is 1. The maximum absolute atomic E-state index is 12.8. The summed E-state index contributed by atoms with van der Waals surface area (Å²) in [6.07, 6.45) is 0.987. The second-order valence-electron chi connectivity index (χ2n) is 6.15. The minimum Gasteiger partial charge on any atom is -0.478 e. The van der Waals surface area contributed by atoms with E-state index in [4.69, 9.17) is 11.6 Å². The maximum atomic E-state index is 12.8. The van der Waals surface area contributed by atoms with E-state index in [0.29, 0.717) is 18.7 Å². The summed E-state index contributed by atoms with van der Waals surface area (Å²) in [5.74, 6) is -0.631. The first-order chi connectivity index (χ1) is 10.1. The van der Waals surface area contributed by atoms with E-state index in [2.05, 4.69) is 0 Å². The van der Waals surface area contributed by atoms with Gasteiger partial charge < -0.3 is 5.11 Å². The number of hydrogen-bond acceptors (Lipinski definition) is 3. The van der Waals surface area contributed by atoms with E-state index < -0.39 is 16.0 Å². The second-order valence-corrected chi connectivity index (χ2v) is 8.50. The molecule has 2 rings (SSSR count). The number of sulfonamides is 1. The lowest BCUT2D eigenvalue weighted by atomic mass is 9.94. The van der Waals surface area contributed by atoms with Crippen molar-refractivity contribution in [2.45, 2.75) is 32.1 Å². The van der Waals surface area contributed by atoms with E-state index in [1.54, 1.807) is 6.92 Å². The van der Waals surface area contributed by atoms with Gasteiger partial charge in [-0.05, 0) is 42.9 Å². The molecule has 2 atom stereocenters. The zero-order chi connectivity index (χ0) is 16.7. The molecule has 1 aromatic rings. The third-order valence-corrected chi connectivity index (χ3v) is 6.22. The van der Waals surface area contributed by atoms with Crippen molar-refractivity contribution >= 4 is 27.6 Å². The lowest BCUT2D eigenvalue weighted by Gasteiger charge is -2.34. The summed E-state index contributed by atoms with van der Waals surface area (Å²) in [7, 11) is -3.74. The number of aromatic carboxylic acids is 1. The van der Waals surface area contributed by atoms with Crippen molar-refractivity contribution in [3.63, 3.8) is 0 Å². The molecule has 7 heteroatoms. The summed E-state index contributed by atoms with van der Waals surface area (Å²) >= 11 is 6.02. The highest BCUT2D eigenvalue weighted by molar-refractivity contribution is 7.89. The SMILES string of the molecule is Cc1c(Cl)cc(S(=O)(=O)N2CC(C)CC(C)C2)cc1C(=O)O. The predicted octanol–water partition coefficient (Wildman–Crippen LogP) is 3.01. The van der Waals surface area contributed by atoms with E-state index in [-0.39, 0.29) is 27.3 Å². The molecule has 22 heavy (non-hydrogen) atoms. The third-order valence-electron chi connectivity index (χ3n) is 4.02. The van der Waals surface area contributed by atoms with Crippen LogP contribution in [0.4, 0.5) is 0 Å². The quantitative estimate of drug-likeness (QED) is 0.913. The number of carboxylic acid groups (broad SMARTS) is 1. The lowest BCUT2D eigenvalue weighted by molar-refractivity contribution is 0.0696. The van der Waals surface area contributed by atoms with Crippen LogP contribution in [0.25, 0.3) is 0 Å². The van der Waals surface area contributed by atoms with Gasteiger partial charge in [0.15, 0.2) is 0 Å². The van der Waals surface area contributed by atoms with Crippen molar-refractivity contribution in [2.75, 3.05) is 13.1 Å². The number of carbonyl (C=O) groups is 1. The molecule has 0 aliphatic carbocycles. The largest absolute Gasteiger partial charge is 0.478 e. The molecule has 0 saturated carbocycles. The Bertz CT molecular complexity index is 692. The Balaban J connectivity index is 2.48. The third kappa shape index (κ3) is 3.29. The van der Waals surface area contributed by atoms with Crippen LogP contribution in [-0.4, -0.2) is 36.9 Å². The summed E-state index contributed by atoms with van der Waals surface area (Å²) in [5, 5.41) is 9.36. The van der Waals surface area contributed by atoms with Gasteiger partial charge in [-0.1, -0.05) is 25.4 Å². The molecular formula is C15H20ClNO4S. The van der Waals surface area contributed by atoms with E-state index in [1.165, 1.54) is 16.4 Å². The molecule has 0 radical (unpaired) electrons. The highest BCUT2D eigenvalue weighted by Crippen LogP contribution is 2.30. The summed E-state index contributed by atoms with van der Waals surface area (Å²) < 4.78 is 27.0. The monoisotopic (exact) mass is 345 g/mol. The Labute approximate surface area is 135 Å². The van der Waals surface area contributed by atoms with Crippen LogP contribution in [0.2, 0.25) is 5.02 Å². The molecular weight excluding hydrogens is 326 g/mol. The molecule has 2 unspecified atom stereocenters. The van der Waals surface area contributed by atoms with Gasteiger partial charge in [0.25, 0.3) is 0 Å². The molecule has 1 fully saturated rings. The molecule has 5 nitrogen and oxygen atoms in total. The zero-order valence-electron chi connectivity index (χ0n) is 12.8. The number of halogens is 1. The van der Waals surface area contributed by atoms with Crippen molar-refractivity contribution in [2.24, 2.45) is 11.8 Å². The topological polar surface area (TPSA) is 74.7 Å². The van der Waals surface area contributed by atoms with Crippen LogP contribution in [0, 0.1) is 18.8 Å². The molecule has 1 heterocycles. The molecule has 0 aromatic heterocycles. The molecule has 122 valence electrons. The first-order valence-corrected chi connectivity index (χ1v) is 8.98. The van der Waals surface area contributed by atoms with Crippen LogP contribution in [0.5, 0.6) is 0 Å². The number of benzene rings is 1. The second kappa shape index (κ2) is 6.18. The van der Waals surface area contributed by atoms with Gasteiger partial charge in [0.2, 0.25) is 10.0 Å². The molecule has 1 aromatic carbocycles. The Morgan fingerprint density at radius 1 is 1.27 bits per heavy atom. The molecule has 1 aliphatic rings. The van der Waals surface area contributed by atoms with Crippen LogP contribution in [0.15, 0.2) is 17.0 Å². The average molecular weight is 346 g/mol. The summed E-state index contributed by atoms with van der Waals surface area (Å²) in [4.78, 5) is 11.2. The molecule has 1 saturated heterocycles. The predicted molar refractivity (Wildman–Crippen MR) is 84.9 cm³/mol. The number of piperidine rings is 1. The summed E-state index contributed by atoms with van der Waals surface area (Å²) in [6, 6.07) is 2.53. The Morgan fingerprint density at radius 2 is 1.82 bits per heavy atom. The highest BCUT2D eigenvalue weighted by Gasteiger charge is 2.32. The van der Waals surface area contributed by atoms with Gasteiger partial charge in [-0.15, -0.1) is 0 Å². The summed E-state index contributed by atoms with van der Waals surface area (Å²) in [5.41, 5.74) is 0.290. The first-order valence-electron chi connectivity index (χ1n) is 7.16. The maximum Gasteiger partial charge on any atom is 0.336 e. The fourth-order valence-electron chi connectivity index (χ4n) is 2.98. The van der Waals surface area contributed by atoms with Gasteiger partial charge in [0.05, 0.1) is 10.5 Å². The first kappa shape index (κ1) is 17.2. The van der Waals surface area contributed by atoms with Gasteiger partial charge in [-0.3, -0.25) is 0 Å². The molecule has 0 spiro atoms. The Morgan fingerprint density at radius 3 is 2.32 bits per heavy atom. The van der Waals surface area contributed by atoms with Crippen LogP contribution in [-0.2, 0) is 10.0 Å². The van der Waals surface area contributed by atoms with Gasteiger partial charge in [-0.25, -0.2) is 13.2 Å². The molecule has 0 amide bonds. The van der Waals surface area contributed by atoms with Crippen molar-refractivity contribution in [1.82, 2.24) is 4.31 Å². The summed E-state index contributed by atoms with van der Waals surface area (Å²) in [6.45, 7) is 6.49. The van der Waals surface area contributed by atoms with Gasteiger partial charge in [0.1, 0.15) is 0 Å². The molecule has 1 N–H and O–H groups in total. The van der Waals surface area contributed by atoms with Crippen LogP contribution in [0.3, 0.4) is 0 Å². The molecule has 0 bridgehead atoms. The van der Waals surface area contributed by atoms with Gasteiger partial charge >= 0.3 is 5.97 Å². The van der Waals surface area contributed by atoms with Gasteiger partial charge in [-0.2, -0.15) is 4.31 Å². The smallest absolute Gasteiger partial charge is 0.336 e. The minimum absolute atomic E-state index is 0.0539.